The summed E-state index contributed by atoms with van der Waals surface area (Å²) in [5, 5.41) is 0. The largest absolute Gasteiger partial charge is 0.497 e. The molecular formula is C15H20BrNO2. The molecule has 1 fully saturated rings. The van der Waals surface area contributed by atoms with Gasteiger partial charge in [0.05, 0.1) is 7.11 Å². The van der Waals surface area contributed by atoms with Gasteiger partial charge >= 0.3 is 0 Å². The summed E-state index contributed by atoms with van der Waals surface area (Å²) in [5.41, 5.74) is 0.716. The maximum Gasteiger partial charge on any atom is 0.253 e. The van der Waals surface area contributed by atoms with Gasteiger partial charge in [-0.15, -0.1) is 0 Å². The third-order valence-electron chi connectivity index (χ3n) is 3.80. The summed E-state index contributed by atoms with van der Waals surface area (Å²) in [6.07, 6.45) is 4.67. The van der Waals surface area contributed by atoms with Gasteiger partial charge in [-0.3, -0.25) is 4.79 Å². The van der Waals surface area contributed by atoms with Crippen LogP contribution in [0.2, 0.25) is 0 Å². The van der Waals surface area contributed by atoms with Gasteiger partial charge in [-0.25, -0.2) is 0 Å². The molecular weight excluding hydrogens is 306 g/mol. The summed E-state index contributed by atoms with van der Waals surface area (Å²) < 4.78 is 5.11. The van der Waals surface area contributed by atoms with Crippen LogP contribution in [0.15, 0.2) is 24.3 Å². The van der Waals surface area contributed by atoms with Crippen molar-refractivity contribution in [2.45, 2.75) is 36.6 Å². The van der Waals surface area contributed by atoms with E-state index in [1.165, 1.54) is 12.8 Å². The number of ether oxygens (including phenoxy) is 1. The van der Waals surface area contributed by atoms with E-state index in [9.17, 15) is 4.79 Å². The third-order valence-corrected chi connectivity index (χ3v) is 4.87. The number of nitrogens with zero attached hydrogens (tertiary/aromatic N) is 1. The van der Waals surface area contributed by atoms with E-state index in [0.29, 0.717) is 16.4 Å². The van der Waals surface area contributed by atoms with Crippen LogP contribution in [0.3, 0.4) is 0 Å². The quantitative estimate of drug-likeness (QED) is 0.796. The summed E-state index contributed by atoms with van der Waals surface area (Å²) in [6, 6.07) is 7.59. The average molecular weight is 326 g/mol. The van der Waals surface area contributed by atoms with Gasteiger partial charge in [0, 0.05) is 23.5 Å². The first-order valence-corrected chi connectivity index (χ1v) is 7.60. The fraction of sp³-hybridized carbons (Fsp3) is 0.533. The van der Waals surface area contributed by atoms with Gasteiger partial charge in [-0.05, 0) is 37.1 Å². The predicted molar refractivity (Wildman–Crippen MR) is 80.1 cm³/mol. The second-order valence-corrected chi connectivity index (χ2v) is 6.19. The number of alkyl halides is 1. The smallest absolute Gasteiger partial charge is 0.253 e. The van der Waals surface area contributed by atoms with Crippen molar-refractivity contribution in [1.82, 2.24) is 4.90 Å². The lowest BCUT2D eigenvalue weighted by Crippen LogP contribution is -2.44. The molecule has 3 nitrogen and oxygen atoms in total. The number of benzene rings is 1. The number of rotatable bonds is 3. The van der Waals surface area contributed by atoms with Gasteiger partial charge < -0.3 is 9.64 Å². The van der Waals surface area contributed by atoms with Crippen molar-refractivity contribution in [3.63, 3.8) is 0 Å². The van der Waals surface area contributed by atoms with E-state index in [0.717, 1.165) is 18.6 Å². The van der Waals surface area contributed by atoms with Crippen molar-refractivity contribution in [1.29, 1.82) is 0 Å². The van der Waals surface area contributed by atoms with E-state index in [1.807, 2.05) is 36.2 Å². The summed E-state index contributed by atoms with van der Waals surface area (Å²) in [4.78, 5) is 14.7. The Balaban J connectivity index is 2.08. The maximum atomic E-state index is 12.5. The molecule has 0 spiro atoms. The monoisotopic (exact) mass is 325 g/mol. The zero-order chi connectivity index (χ0) is 13.8. The van der Waals surface area contributed by atoms with Crippen molar-refractivity contribution >= 4 is 21.8 Å². The van der Waals surface area contributed by atoms with Gasteiger partial charge in [0.2, 0.25) is 0 Å². The molecule has 104 valence electrons. The highest BCUT2D eigenvalue weighted by Gasteiger charge is 2.29. The van der Waals surface area contributed by atoms with Crippen molar-refractivity contribution in [3.8, 4) is 5.75 Å². The Bertz CT molecular complexity index is 432. The molecule has 1 aromatic rings. The normalized spacial score (nSPS) is 22.9. The molecule has 2 atom stereocenters. The average Bonchev–Trinajstić information content (AvgIpc) is 2.46. The molecule has 2 rings (SSSR count). The highest BCUT2D eigenvalue weighted by molar-refractivity contribution is 9.09. The molecule has 0 radical (unpaired) electrons. The van der Waals surface area contributed by atoms with Crippen LogP contribution in [0.5, 0.6) is 5.75 Å². The first-order chi connectivity index (χ1) is 9.13. The molecule has 0 heterocycles. The summed E-state index contributed by atoms with van der Waals surface area (Å²) in [5.74, 6) is 0.856. The Hall–Kier alpha value is -1.03. The van der Waals surface area contributed by atoms with Crippen LogP contribution in [0, 0.1) is 0 Å². The summed E-state index contributed by atoms with van der Waals surface area (Å²) in [6.45, 7) is 0. The fourth-order valence-corrected chi connectivity index (χ4v) is 3.53. The SMILES string of the molecule is COc1ccc(C(=O)N(C)C2CCCCC2Br)cc1. The number of carbonyl (C=O) groups excluding carboxylic acids is 1. The molecule has 1 amide bonds. The van der Waals surface area contributed by atoms with Crippen molar-refractivity contribution in [2.75, 3.05) is 14.2 Å². The van der Waals surface area contributed by atoms with Crippen LogP contribution in [0.4, 0.5) is 0 Å². The molecule has 0 saturated heterocycles. The van der Waals surface area contributed by atoms with Crippen molar-refractivity contribution in [2.24, 2.45) is 0 Å². The summed E-state index contributed by atoms with van der Waals surface area (Å²) >= 11 is 3.71. The Morgan fingerprint density at radius 1 is 1.26 bits per heavy atom. The fourth-order valence-electron chi connectivity index (χ4n) is 2.59. The molecule has 1 saturated carbocycles. The van der Waals surface area contributed by atoms with Crippen LogP contribution in [-0.2, 0) is 0 Å². The molecule has 0 aliphatic heterocycles. The third kappa shape index (κ3) is 3.30. The van der Waals surface area contributed by atoms with Gasteiger partial charge in [-0.2, -0.15) is 0 Å². The van der Waals surface area contributed by atoms with Gasteiger partial charge in [-0.1, -0.05) is 28.8 Å². The molecule has 1 aliphatic carbocycles. The zero-order valence-electron chi connectivity index (χ0n) is 11.4. The van der Waals surface area contributed by atoms with E-state index < -0.39 is 0 Å². The highest BCUT2D eigenvalue weighted by Crippen LogP contribution is 2.28. The topological polar surface area (TPSA) is 29.5 Å². The van der Waals surface area contributed by atoms with E-state index in [1.54, 1.807) is 7.11 Å². The molecule has 4 heteroatoms. The lowest BCUT2D eigenvalue weighted by Gasteiger charge is -2.35. The van der Waals surface area contributed by atoms with E-state index >= 15 is 0 Å². The standard InChI is InChI=1S/C15H20BrNO2/c1-17(14-6-4-3-5-13(14)16)15(18)11-7-9-12(19-2)10-8-11/h7-10,13-14H,3-6H2,1-2H3. The first-order valence-electron chi connectivity index (χ1n) is 6.68. The summed E-state index contributed by atoms with van der Waals surface area (Å²) in [7, 11) is 3.53. The second-order valence-electron chi connectivity index (χ2n) is 5.01. The maximum absolute atomic E-state index is 12.5. The number of carbonyl (C=O) groups is 1. The molecule has 0 aromatic heterocycles. The van der Waals surface area contributed by atoms with Crippen molar-refractivity contribution < 1.29 is 9.53 Å². The Kier molecular flexibility index (Phi) is 4.86. The van der Waals surface area contributed by atoms with Crippen LogP contribution >= 0.6 is 15.9 Å². The minimum absolute atomic E-state index is 0.0824. The zero-order valence-corrected chi connectivity index (χ0v) is 13.0. The van der Waals surface area contributed by atoms with Gasteiger partial charge in [0.25, 0.3) is 5.91 Å². The second kappa shape index (κ2) is 6.42. The minimum atomic E-state index is 0.0824. The van der Waals surface area contributed by atoms with E-state index in [4.69, 9.17) is 4.74 Å². The number of amides is 1. The van der Waals surface area contributed by atoms with Crippen LogP contribution in [0.25, 0.3) is 0 Å². The van der Waals surface area contributed by atoms with E-state index in [2.05, 4.69) is 15.9 Å². The molecule has 1 aromatic carbocycles. The Labute approximate surface area is 123 Å². The number of halogens is 1. The van der Waals surface area contributed by atoms with E-state index in [-0.39, 0.29) is 5.91 Å². The Morgan fingerprint density at radius 3 is 2.47 bits per heavy atom. The first kappa shape index (κ1) is 14.4. The van der Waals surface area contributed by atoms with Crippen LogP contribution in [0.1, 0.15) is 36.0 Å². The highest BCUT2D eigenvalue weighted by atomic mass is 79.9. The predicted octanol–water partition coefficient (Wildman–Crippen LogP) is 3.47. The van der Waals surface area contributed by atoms with Gasteiger partial charge in [0.1, 0.15) is 5.75 Å². The molecule has 2 unspecified atom stereocenters. The van der Waals surface area contributed by atoms with Gasteiger partial charge in [0.15, 0.2) is 0 Å². The lowest BCUT2D eigenvalue weighted by atomic mass is 9.94. The van der Waals surface area contributed by atoms with Crippen molar-refractivity contribution in [3.05, 3.63) is 29.8 Å². The van der Waals surface area contributed by atoms with Crippen LogP contribution < -0.4 is 4.74 Å². The van der Waals surface area contributed by atoms with Crippen LogP contribution in [-0.4, -0.2) is 35.8 Å². The minimum Gasteiger partial charge on any atom is -0.497 e. The lowest BCUT2D eigenvalue weighted by molar-refractivity contribution is 0.0704. The molecule has 1 aliphatic rings. The number of hydrogen-bond donors (Lipinski definition) is 0. The number of hydrogen-bond acceptors (Lipinski definition) is 2. The molecule has 19 heavy (non-hydrogen) atoms. The number of methoxy groups -OCH3 is 1. The molecule has 0 N–H and O–H groups in total. The molecule has 0 bridgehead atoms. The Morgan fingerprint density at radius 2 is 1.89 bits per heavy atom.